The maximum absolute atomic E-state index is 12.4. The third kappa shape index (κ3) is 4.50. The van der Waals surface area contributed by atoms with Gasteiger partial charge in [-0.1, -0.05) is 12.1 Å². The van der Waals surface area contributed by atoms with Crippen LogP contribution in [-0.4, -0.2) is 36.9 Å². The van der Waals surface area contributed by atoms with Crippen LogP contribution in [0.15, 0.2) is 41.5 Å². The number of aryl methyl sites for hydroxylation is 2. The molecule has 0 unspecified atom stereocenters. The smallest absolute Gasteiger partial charge is 0.355 e. The van der Waals surface area contributed by atoms with Crippen LogP contribution in [0.1, 0.15) is 24.0 Å². The molecule has 9 nitrogen and oxygen atoms in total. The molecule has 0 radical (unpaired) electrons. The fourth-order valence-corrected chi connectivity index (χ4v) is 3.22. The van der Waals surface area contributed by atoms with E-state index in [1.165, 1.54) is 5.01 Å². The van der Waals surface area contributed by atoms with Crippen LogP contribution < -0.4 is 19.8 Å². The highest BCUT2D eigenvalue weighted by Crippen LogP contribution is 2.34. The zero-order chi connectivity index (χ0) is 22.0. The molecule has 0 aliphatic carbocycles. The monoisotopic (exact) mass is 423 g/mol. The molecular weight excluding hydrogens is 402 g/mol. The fourth-order valence-electron chi connectivity index (χ4n) is 3.22. The highest BCUT2D eigenvalue weighted by Gasteiger charge is 2.27. The van der Waals surface area contributed by atoms with Crippen molar-refractivity contribution < 1.29 is 28.6 Å². The van der Waals surface area contributed by atoms with Gasteiger partial charge < -0.3 is 19.5 Å². The molecule has 2 aliphatic rings. The summed E-state index contributed by atoms with van der Waals surface area (Å²) in [5, 5.41) is 8.06. The first kappa shape index (κ1) is 20.4. The number of esters is 1. The van der Waals surface area contributed by atoms with Crippen molar-refractivity contribution in [2.24, 2.45) is 5.10 Å². The van der Waals surface area contributed by atoms with Crippen LogP contribution in [0, 0.1) is 13.8 Å². The maximum Gasteiger partial charge on any atom is 0.355 e. The summed E-state index contributed by atoms with van der Waals surface area (Å²) in [6.45, 7) is 3.43. The number of benzene rings is 2. The number of amides is 2. The Balaban J connectivity index is 1.39. The zero-order valence-corrected chi connectivity index (χ0v) is 17.1. The van der Waals surface area contributed by atoms with Crippen molar-refractivity contribution in [2.75, 3.05) is 23.7 Å². The van der Waals surface area contributed by atoms with Crippen molar-refractivity contribution in [1.82, 2.24) is 0 Å². The molecule has 9 heteroatoms. The second-order valence-electron chi connectivity index (χ2n) is 7.23. The largest absolute Gasteiger partial charge is 0.454 e. The molecule has 0 saturated heterocycles. The minimum absolute atomic E-state index is 0.0939. The van der Waals surface area contributed by atoms with Gasteiger partial charge in [0, 0.05) is 24.6 Å². The fraction of sp³-hybridized carbons (Fsp3) is 0.273. The SMILES string of the molecule is Cc1ccc(C)c(N2N=C(C(=O)OCC(=O)Nc3ccc4c(c3)OCO4)CCC2=O)c1. The van der Waals surface area contributed by atoms with Crippen molar-refractivity contribution in [3.8, 4) is 11.5 Å². The molecule has 0 saturated carbocycles. The molecule has 2 aromatic carbocycles. The Morgan fingerprint density at radius 1 is 1.10 bits per heavy atom. The zero-order valence-electron chi connectivity index (χ0n) is 17.1. The number of nitrogens with one attached hydrogen (secondary N) is 1. The van der Waals surface area contributed by atoms with Crippen LogP contribution in [0.2, 0.25) is 0 Å². The van der Waals surface area contributed by atoms with Gasteiger partial charge in [-0.05, 0) is 43.2 Å². The van der Waals surface area contributed by atoms with E-state index in [9.17, 15) is 14.4 Å². The van der Waals surface area contributed by atoms with E-state index in [1.807, 2.05) is 32.0 Å². The van der Waals surface area contributed by atoms with Crippen molar-refractivity contribution in [1.29, 1.82) is 0 Å². The number of ether oxygens (including phenoxy) is 3. The average Bonchev–Trinajstić information content (AvgIpc) is 3.22. The van der Waals surface area contributed by atoms with Gasteiger partial charge in [0.2, 0.25) is 12.7 Å². The van der Waals surface area contributed by atoms with E-state index in [0.717, 1.165) is 11.1 Å². The summed E-state index contributed by atoms with van der Waals surface area (Å²) in [7, 11) is 0. The molecule has 4 rings (SSSR count). The molecule has 2 aromatic rings. The predicted molar refractivity (Wildman–Crippen MR) is 112 cm³/mol. The lowest BCUT2D eigenvalue weighted by Gasteiger charge is -2.24. The first-order valence-electron chi connectivity index (χ1n) is 9.75. The van der Waals surface area contributed by atoms with Crippen LogP contribution >= 0.6 is 0 Å². The number of rotatable bonds is 5. The number of fused-ring (bicyclic) bond motifs is 1. The predicted octanol–water partition coefficient (Wildman–Crippen LogP) is 2.70. The number of hydrazone groups is 1. The molecule has 0 bridgehead atoms. The first-order chi connectivity index (χ1) is 14.9. The Kier molecular flexibility index (Phi) is 5.57. The van der Waals surface area contributed by atoms with Gasteiger partial charge in [0.25, 0.3) is 5.91 Å². The summed E-state index contributed by atoms with van der Waals surface area (Å²) < 4.78 is 15.6. The standard InChI is InChI=1S/C22H21N3O6/c1-13-3-4-14(2)17(9-13)25-21(27)8-6-16(24-25)22(28)29-11-20(26)23-15-5-7-18-19(10-15)31-12-30-18/h3-5,7,9-10H,6,8,11-12H2,1-2H3,(H,23,26). The summed E-state index contributed by atoms with van der Waals surface area (Å²) in [4.78, 5) is 37.0. The third-order valence-electron chi connectivity index (χ3n) is 4.85. The number of anilines is 2. The van der Waals surface area contributed by atoms with Gasteiger partial charge in [0.1, 0.15) is 5.71 Å². The number of hydrogen-bond donors (Lipinski definition) is 1. The molecule has 2 amide bonds. The van der Waals surface area contributed by atoms with Crippen LogP contribution in [0.25, 0.3) is 0 Å². The average molecular weight is 423 g/mol. The second-order valence-corrected chi connectivity index (χ2v) is 7.23. The Morgan fingerprint density at radius 3 is 2.74 bits per heavy atom. The van der Waals surface area contributed by atoms with E-state index in [0.29, 0.717) is 22.9 Å². The Bertz CT molecular complexity index is 1090. The van der Waals surface area contributed by atoms with Crippen LogP contribution in [0.3, 0.4) is 0 Å². The molecule has 0 fully saturated rings. The quantitative estimate of drug-likeness (QED) is 0.741. The van der Waals surface area contributed by atoms with Crippen molar-refractivity contribution in [3.05, 3.63) is 47.5 Å². The van der Waals surface area contributed by atoms with Crippen molar-refractivity contribution >= 4 is 34.9 Å². The minimum Gasteiger partial charge on any atom is -0.454 e. The van der Waals surface area contributed by atoms with Gasteiger partial charge in [-0.25, -0.2) is 4.79 Å². The lowest BCUT2D eigenvalue weighted by Crippen LogP contribution is -2.36. The van der Waals surface area contributed by atoms with E-state index >= 15 is 0 Å². The van der Waals surface area contributed by atoms with E-state index < -0.39 is 18.5 Å². The number of hydrogen-bond acceptors (Lipinski definition) is 7. The molecule has 0 spiro atoms. The Hall–Kier alpha value is -3.88. The van der Waals surface area contributed by atoms with Gasteiger partial charge in [-0.15, -0.1) is 0 Å². The molecule has 1 N–H and O–H groups in total. The Labute approximate surface area is 178 Å². The van der Waals surface area contributed by atoms with Crippen LogP contribution in [0.5, 0.6) is 11.5 Å². The third-order valence-corrected chi connectivity index (χ3v) is 4.85. The highest BCUT2D eigenvalue weighted by atomic mass is 16.7. The number of carbonyl (C=O) groups excluding carboxylic acids is 3. The van der Waals surface area contributed by atoms with Gasteiger partial charge in [-0.2, -0.15) is 10.1 Å². The normalized spacial score (nSPS) is 14.8. The molecule has 160 valence electrons. The van der Waals surface area contributed by atoms with Gasteiger partial charge >= 0.3 is 5.97 Å². The van der Waals surface area contributed by atoms with E-state index in [1.54, 1.807) is 18.2 Å². The molecular formula is C22H21N3O6. The van der Waals surface area contributed by atoms with Gasteiger partial charge in [0.05, 0.1) is 5.69 Å². The molecule has 31 heavy (non-hydrogen) atoms. The van der Waals surface area contributed by atoms with E-state index in [2.05, 4.69) is 10.4 Å². The molecule has 2 aliphatic heterocycles. The van der Waals surface area contributed by atoms with Crippen molar-refractivity contribution in [2.45, 2.75) is 26.7 Å². The topological polar surface area (TPSA) is 107 Å². The molecule has 0 aromatic heterocycles. The number of nitrogens with zero attached hydrogens (tertiary/aromatic N) is 2. The van der Waals surface area contributed by atoms with E-state index in [-0.39, 0.29) is 31.3 Å². The van der Waals surface area contributed by atoms with Crippen LogP contribution in [0.4, 0.5) is 11.4 Å². The summed E-state index contributed by atoms with van der Waals surface area (Å²) in [6, 6.07) is 10.6. The summed E-state index contributed by atoms with van der Waals surface area (Å²) in [5.74, 6) is -0.314. The maximum atomic E-state index is 12.4. The number of carbonyl (C=O) groups is 3. The van der Waals surface area contributed by atoms with E-state index in [4.69, 9.17) is 14.2 Å². The Morgan fingerprint density at radius 2 is 1.90 bits per heavy atom. The summed E-state index contributed by atoms with van der Waals surface area (Å²) in [5.41, 5.74) is 3.04. The van der Waals surface area contributed by atoms with Crippen molar-refractivity contribution in [3.63, 3.8) is 0 Å². The van der Waals surface area contributed by atoms with Crippen LogP contribution in [-0.2, 0) is 19.1 Å². The van der Waals surface area contributed by atoms with Gasteiger partial charge in [0.15, 0.2) is 18.1 Å². The summed E-state index contributed by atoms with van der Waals surface area (Å²) >= 11 is 0. The lowest BCUT2D eigenvalue weighted by molar-refractivity contribution is -0.140. The molecule has 2 heterocycles. The highest BCUT2D eigenvalue weighted by molar-refractivity contribution is 6.38. The lowest BCUT2D eigenvalue weighted by atomic mass is 10.1. The minimum atomic E-state index is -0.733. The molecule has 0 atom stereocenters. The first-order valence-corrected chi connectivity index (χ1v) is 9.75. The second kappa shape index (κ2) is 8.47. The summed E-state index contributed by atoms with van der Waals surface area (Å²) in [6.07, 6.45) is 0.285. The van der Waals surface area contributed by atoms with Gasteiger partial charge in [-0.3, -0.25) is 9.59 Å².